The van der Waals surface area contributed by atoms with Crippen LogP contribution in [0.15, 0.2) is 48.5 Å². The highest BCUT2D eigenvalue weighted by Gasteiger charge is 2.18. The first kappa shape index (κ1) is 19.9. The average molecular weight is 379 g/mol. The van der Waals surface area contributed by atoms with Gasteiger partial charge in [-0.05, 0) is 30.2 Å². The maximum absolute atomic E-state index is 14.1. The third-order valence-electron chi connectivity index (χ3n) is 3.44. The molecule has 140 valence electrons. The van der Waals surface area contributed by atoms with Crippen molar-refractivity contribution in [2.45, 2.75) is 20.3 Å². The Hall–Kier alpha value is -2.41. The van der Waals surface area contributed by atoms with Crippen LogP contribution in [0.5, 0.6) is 11.5 Å². The number of halogens is 1. The van der Waals surface area contributed by atoms with Gasteiger partial charge in [0.25, 0.3) is 0 Å². The molecule has 1 amide bonds. The number of rotatable bonds is 8. The molecule has 0 fully saturated rings. The molecular weight excluding hydrogens is 357 g/mol. The fourth-order valence-corrected chi connectivity index (χ4v) is 4.05. The molecule has 1 N–H and O–H groups in total. The van der Waals surface area contributed by atoms with Crippen LogP contribution in [0, 0.1) is 11.7 Å². The summed E-state index contributed by atoms with van der Waals surface area (Å²) in [5, 5.41) is 2.42. The monoisotopic (exact) mass is 379 g/mol. The van der Waals surface area contributed by atoms with Crippen LogP contribution >= 0.6 is 0 Å². The molecule has 2 rings (SSSR count). The lowest BCUT2D eigenvalue weighted by molar-refractivity contribution is -0.115. The third-order valence-corrected chi connectivity index (χ3v) is 5.44. The Balaban J connectivity index is 2.07. The lowest BCUT2D eigenvalue weighted by Gasteiger charge is -2.13. The number of ether oxygens (including phenoxy) is 1. The Morgan fingerprint density at radius 2 is 1.81 bits per heavy atom. The highest BCUT2D eigenvalue weighted by Crippen LogP contribution is 2.31. The summed E-state index contributed by atoms with van der Waals surface area (Å²) in [5.74, 6) is -0.872. The van der Waals surface area contributed by atoms with Gasteiger partial charge in [0.2, 0.25) is 5.91 Å². The molecule has 0 unspecified atom stereocenters. The second-order valence-electron chi connectivity index (χ2n) is 6.33. The van der Waals surface area contributed by atoms with Gasteiger partial charge in [-0.1, -0.05) is 38.1 Å². The van der Waals surface area contributed by atoms with Crippen LogP contribution in [0.2, 0.25) is 0 Å². The van der Waals surface area contributed by atoms with E-state index in [1.165, 1.54) is 18.2 Å². The topological polar surface area (TPSA) is 72.5 Å². The molecule has 7 heteroatoms. The van der Waals surface area contributed by atoms with E-state index in [1.807, 2.05) is 6.07 Å². The fraction of sp³-hybridized carbons (Fsp3) is 0.316. The largest absolute Gasteiger partial charge is 0.455 e. The summed E-state index contributed by atoms with van der Waals surface area (Å²) in [6, 6.07) is 13.0. The van der Waals surface area contributed by atoms with Gasteiger partial charge in [0.05, 0.1) is 11.5 Å². The standard InChI is InChI=1S/C19H22FNO4S/c1-14(2)13-26(23,24)12-11-18(22)21-19-16(20)9-6-10-17(19)25-15-7-4-3-5-8-15/h3-10,14H,11-13H2,1-2H3,(H,21,22). The van der Waals surface area contributed by atoms with Crippen molar-refractivity contribution in [3.63, 3.8) is 0 Å². The Labute approximate surface area is 153 Å². The molecule has 0 saturated heterocycles. The van der Waals surface area contributed by atoms with Crippen molar-refractivity contribution in [1.29, 1.82) is 0 Å². The zero-order valence-corrected chi connectivity index (χ0v) is 15.6. The smallest absolute Gasteiger partial charge is 0.225 e. The summed E-state index contributed by atoms with van der Waals surface area (Å²) in [6.07, 6.45) is -0.242. The molecule has 2 aromatic carbocycles. The Morgan fingerprint density at radius 1 is 1.12 bits per heavy atom. The number of hydrogen-bond donors (Lipinski definition) is 1. The van der Waals surface area contributed by atoms with E-state index in [-0.39, 0.29) is 35.3 Å². The molecule has 0 radical (unpaired) electrons. The molecule has 0 bridgehead atoms. The van der Waals surface area contributed by atoms with Crippen molar-refractivity contribution in [2.75, 3.05) is 16.8 Å². The first-order valence-corrected chi connectivity index (χ1v) is 10.1. The third kappa shape index (κ3) is 6.15. The Kier molecular flexibility index (Phi) is 6.74. The minimum absolute atomic E-state index is 0.0134. The first-order valence-electron chi connectivity index (χ1n) is 8.28. The predicted octanol–water partition coefficient (Wildman–Crippen LogP) is 4.02. The van der Waals surface area contributed by atoms with E-state index < -0.39 is 21.6 Å². The van der Waals surface area contributed by atoms with E-state index in [1.54, 1.807) is 38.1 Å². The van der Waals surface area contributed by atoms with Gasteiger partial charge in [0.1, 0.15) is 11.4 Å². The average Bonchev–Trinajstić information content (AvgIpc) is 2.56. The molecule has 0 saturated carbocycles. The van der Waals surface area contributed by atoms with Crippen LogP contribution < -0.4 is 10.1 Å². The van der Waals surface area contributed by atoms with Gasteiger partial charge in [0, 0.05) is 6.42 Å². The summed E-state index contributed by atoms with van der Waals surface area (Å²) in [5.41, 5.74) is -0.109. The van der Waals surface area contributed by atoms with E-state index in [0.717, 1.165) is 0 Å². The normalized spacial score (nSPS) is 11.4. The molecule has 0 spiro atoms. The van der Waals surface area contributed by atoms with Crippen molar-refractivity contribution < 1.29 is 22.3 Å². The number of nitrogens with one attached hydrogen (secondary N) is 1. The number of carbonyl (C=O) groups excluding carboxylic acids is 1. The molecule has 0 atom stereocenters. The molecule has 0 heterocycles. The highest BCUT2D eigenvalue weighted by molar-refractivity contribution is 7.91. The Bertz CT molecular complexity index is 851. The number of benzene rings is 2. The molecular formula is C19H22FNO4S. The van der Waals surface area contributed by atoms with E-state index in [0.29, 0.717) is 5.75 Å². The lowest BCUT2D eigenvalue weighted by Crippen LogP contribution is -2.21. The maximum atomic E-state index is 14.1. The van der Waals surface area contributed by atoms with Crippen molar-refractivity contribution in [3.05, 3.63) is 54.3 Å². The molecule has 26 heavy (non-hydrogen) atoms. The van der Waals surface area contributed by atoms with Gasteiger partial charge < -0.3 is 10.1 Å². The number of hydrogen-bond acceptors (Lipinski definition) is 4. The molecule has 0 aliphatic carbocycles. The summed E-state index contributed by atoms with van der Waals surface area (Å²) < 4.78 is 43.6. The summed E-state index contributed by atoms with van der Waals surface area (Å²) in [6.45, 7) is 3.59. The van der Waals surface area contributed by atoms with Crippen molar-refractivity contribution in [3.8, 4) is 11.5 Å². The Morgan fingerprint density at radius 3 is 2.46 bits per heavy atom. The number of sulfone groups is 1. The van der Waals surface area contributed by atoms with Crippen molar-refractivity contribution in [2.24, 2.45) is 5.92 Å². The summed E-state index contributed by atoms with van der Waals surface area (Å²) in [4.78, 5) is 12.1. The quantitative estimate of drug-likeness (QED) is 0.752. The highest BCUT2D eigenvalue weighted by atomic mass is 32.2. The zero-order valence-electron chi connectivity index (χ0n) is 14.7. The van der Waals surface area contributed by atoms with E-state index in [9.17, 15) is 17.6 Å². The van der Waals surface area contributed by atoms with Crippen LogP contribution in [-0.4, -0.2) is 25.8 Å². The lowest BCUT2D eigenvalue weighted by atomic mass is 10.2. The van der Waals surface area contributed by atoms with Crippen LogP contribution in [0.3, 0.4) is 0 Å². The number of carbonyl (C=O) groups is 1. The van der Waals surface area contributed by atoms with Crippen molar-refractivity contribution >= 4 is 21.4 Å². The van der Waals surface area contributed by atoms with Gasteiger partial charge in [0.15, 0.2) is 21.4 Å². The number of anilines is 1. The fourth-order valence-electron chi connectivity index (χ4n) is 2.37. The molecule has 5 nitrogen and oxygen atoms in total. The van der Waals surface area contributed by atoms with Gasteiger partial charge in [-0.15, -0.1) is 0 Å². The van der Waals surface area contributed by atoms with Gasteiger partial charge in [-0.2, -0.15) is 0 Å². The van der Waals surface area contributed by atoms with Gasteiger partial charge >= 0.3 is 0 Å². The van der Waals surface area contributed by atoms with Crippen LogP contribution in [0.4, 0.5) is 10.1 Å². The minimum atomic E-state index is -3.32. The molecule has 0 aliphatic rings. The number of para-hydroxylation sites is 2. The van der Waals surface area contributed by atoms with Crippen molar-refractivity contribution in [1.82, 2.24) is 0 Å². The summed E-state index contributed by atoms with van der Waals surface area (Å²) >= 11 is 0. The molecule has 0 aliphatic heterocycles. The van der Waals surface area contributed by atoms with Gasteiger partial charge in [-0.3, -0.25) is 4.79 Å². The first-order chi connectivity index (χ1) is 12.3. The molecule has 2 aromatic rings. The second-order valence-corrected chi connectivity index (χ2v) is 8.56. The second kappa shape index (κ2) is 8.80. The van der Waals surface area contributed by atoms with E-state index in [4.69, 9.17) is 4.74 Å². The van der Waals surface area contributed by atoms with Crippen LogP contribution in [0.25, 0.3) is 0 Å². The summed E-state index contributed by atoms with van der Waals surface area (Å²) in [7, 11) is -3.32. The minimum Gasteiger partial charge on any atom is -0.455 e. The van der Waals surface area contributed by atoms with Gasteiger partial charge in [-0.25, -0.2) is 12.8 Å². The number of amides is 1. The van der Waals surface area contributed by atoms with E-state index >= 15 is 0 Å². The zero-order chi connectivity index (χ0) is 19.2. The van der Waals surface area contributed by atoms with E-state index in [2.05, 4.69) is 5.32 Å². The van der Waals surface area contributed by atoms with Crippen LogP contribution in [0.1, 0.15) is 20.3 Å². The SMILES string of the molecule is CC(C)CS(=O)(=O)CCC(=O)Nc1c(F)cccc1Oc1ccccc1. The predicted molar refractivity (Wildman–Crippen MR) is 99.7 cm³/mol. The maximum Gasteiger partial charge on any atom is 0.225 e. The molecule has 0 aromatic heterocycles. The van der Waals surface area contributed by atoms with Crippen LogP contribution in [-0.2, 0) is 14.6 Å².